The molecule has 4 rings (SSSR count). The topological polar surface area (TPSA) is 81.2 Å². The summed E-state index contributed by atoms with van der Waals surface area (Å²) in [6.45, 7) is 2.16. The highest BCUT2D eigenvalue weighted by Crippen LogP contribution is 2.36. The number of aromatic nitrogens is 2. The summed E-state index contributed by atoms with van der Waals surface area (Å²) in [5.74, 6) is 0.514. The Morgan fingerprint density at radius 3 is 2.66 bits per heavy atom. The second-order valence-corrected chi connectivity index (χ2v) is 9.64. The minimum Gasteiger partial charge on any atom is -0.492 e. The molecule has 0 fully saturated rings. The zero-order chi connectivity index (χ0) is 20.4. The quantitative estimate of drug-likeness (QED) is 0.396. The van der Waals surface area contributed by atoms with Gasteiger partial charge in [-0.05, 0) is 36.8 Å². The third kappa shape index (κ3) is 4.12. The highest BCUT2D eigenvalue weighted by molar-refractivity contribution is 9.10. The molecule has 0 aliphatic rings. The summed E-state index contributed by atoms with van der Waals surface area (Å²) < 4.78 is 34.9. The predicted octanol–water partition coefficient (Wildman–Crippen LogP) is 5.32. The van der Waals surface area contributed by atoms with Gasteiger partial charge in [-0.25, -0.2) is 18.4 Å². The lowest BCUT2D eigenvalue weighted by molar-refractivity contribution is 0.331. The predicted molar refractivity (Wildman–Crippen MR) is 119 cm³/mol. The van der Waals surface area contributed by atoms with E-state index < -0.39 is 10.0 Å². The number of hydrogen-bond acceptors (Lipinski definition) is 6. The fraction of sp³-hybridized carbons (Fsp3) is 0.100. The highest BCUT2D eigenvalue weighted by Gasteiger charge is 2.22. The molecule has 148 valence electrons. The number of hydrogen-bond donors (Lipinski definition) is 1. The summed E-state index contributed by atoms with van der Waals surface area (Å²) in [6.07, 6.45) is 1.36. The van der Waals surface area contributed by atoms with Crippen LogP contribution in [0.4, 0.5) is 5.82 Å². The summed E-state index contributed by atoms with van der Waals surface area (Å²) in [7, 11) is -3.93. The Hall–Kier alpha value is -2.49. The summed E-state index contributed by atoms with van der Waals surface area (Å²) >= 11 is 4.80. The molecule has 29 heavy (non-hydrogen) atoms. The molecule has 0 saturated carbocycles. The molecule has 6 nitrogen and oxygen atoms in total. The van der Waals surface area contributed by atoms with Crippen LogP contribution in [0.15, 0.2) is 70.3 Å². The molecule has 1 N–H and O–H groups in total. The van der Waals surface area contributed by atoms with Gasteiger partial charge in [-0.2, -0.15) is 0 Å². The fourth-order valence-electron chi connectivity index (χ4n) is 2.83. The lowest BCUT2D eigenvalue weighted by Gasteiger charge is -2.13. The molecule has 0 bridgehead atoms. The minimum absolute atomic E-state index is 0.0407. The first-order chi connectivity index (χ1) is 14.0. The van der Waals surface area contributed by atoms with E-state index in [0.29, 0.717) is 21.3 Å². The second kappa shape index (κ2) is 8.10. The number of thiophene rings is 1. The van der Waals surface area contributed by atoms with E-state index in [1.54, 1.807) is 19.1 Å². The number of benzene rings is 2. The van der Waals surface area contributed by atoms with Crippen LogP contribution in [0.25, 0.3) is 20.7 Å². The lowest BCUT2D eigenvalue weighted by atomic mass is 10.2. The van der Waals surface area contributed by atoms with Crippen molar-refractivity contribution < 1.29 is 13.2 Å². The van der Waals surface area contributed by atoms with E-state index in [-0.39, 0.29) is 16.5 Å². The second-order valence-electron chi connectivity index (χ2n) is 6.05. The van der Waals surface area contributed by atoms with Crippen LogP contribution < -0.4 is 9.46 Å². The molecule has 2 aromatic heterocycles. The molecule has 0 aliphatic carbocycles. The van der Waals surface area contributed by atoms with Crippen molar-refractivity contribution in [2.24, 2.45) is 0 Å². The van der Waals surface area contributed by atoms with E-state index in [4.69, 9.17) is 4.74 Å². The minimum atomic E-state index is -3.93. The van der Waals surface area contributed by atoms with Gasteiger partial charge in [0.25, 0.3) is 10.0 Å². The van der Waals surface area contributed by atoms with Crippen LogP contribution in [0.3, 0.4) is 0 Å². The summed E-state index contributed by atoms with van der Waals surface area (Å²) in [6, 6.07) is 16.6. The molecular formula is C20H16BrN3O3S2. The van der Waals surface area contributed by atoms with Crippen LogP contribution in [-0.2, 0) is 10.0 Å². The number of anilines is 1. The summed E-state index contributed by atoms with van der Waals surface area (Å²) in [4.78, 5) is 10.2. The van der Waals surface area contributed by atoms with Gasteiger partial charge in [0.1, 0.15) is 21.8 Å². The van der Waals surface area contributed by atoms with Crippen molar-refractivity contribution in [2.45, 2.75) is 11.8 Å². The van der Waals surface area contributed by atoms with Crippen molar-refractivity contribution >= 4 is 53.3 Å². The van der Waals surface area contributed by atoms with E-state index in [0.717, 1.165) is 10.4 Å². The molecule has 0 saturated heterocycles. The average molecular weight is 490 g/mol. The van der Waals surface area contributed by atoms with Crippen molar-refractivity contribution in [3.05, 3.63) is 65.4 Å². The number of ether oxygens (including phenoxy) is 1. The molecule has 2 heterocycles. The van der Waals surface area contributed by atoms with Gasteiger partial charge in [-0.15, -0.1) is 11.3 Å². The lowest BCUT2D eigenvalue weighted by Crippen LogP contribution is -2.15. The highest BCUT2D eigenvalue weighted by atomic mass is 79.9. The first-order valence-corrected chi connectivity index (χ1v) is 11.8. The zero-order valence-electron chi connectivity index (χ0n) is 15.3. The third-order valence-electron chi connectivity index (χ3n) is 4.11. The first kappa shape index (κ1) is 19.8. The van der Waals surface area contributed by atoms with Crippen molar-refractivity contribution in [1.29, 1.82) is 0 Å². The number of nitrogens with one attached hydrogen (secondary N) is 1. The van der Waals surface area contributed by atoms with Gasteiger partial charge >= 0.3 is 0 Å². The molecule has 0 amide bonds. The van der Waals surface area contributed by atoms with E-state index in [1.165, 1.54) is 23.7 Å². The number of sulfonamides is 1. The van der Waals surface area contributed by atoms with Crippen LogP contribution in [0.2, 0.25) is 0 Å². The number of fused-ring (bicyclic) bond motifs is 1. The Morgan fingerprint density at radius 1 is 1.10 bits per heavy atom. The zero-order valence-corrected chi connectivity index (χ0v) is 18.5. The van der Waals surface area contributed by atoms with Crippen LogP contribution in [0, 0.1) is 0 Å². The molecule has 0 spiro atoms. The summed E-state index contributed by atoms with van der Waals surface area (Å²) in [5, 5.41) is 0.646. The molecule has 0 atom stereocenters. The molecular weight excluding hydrogens is 474 g/mol. The van der Waals surface area contributed by atoms with Gasteiger partial charge in [0.15, 0.2) is 5.82 Å². The van der Waals surface area contributed by atoms with Gasteiger partial charge in [0.2, 0.25) is 0 Å². The average Bonchev–Trinajstić information content (AvgIpc) is 3.15. The molecule has 4 aromatic rings. The number of nitrogens with zero attached hydrogens (tertiary/aromatic N) is 2. The molecule has 0 unspecified atom stereocenters. The van der Waals surface area contributed by atoms with Crippen molar-refractivity contribution in [2.75, 3.05) is 11.3 Å². The van der Waals surface area contributed by atoms with E-state index in [9.17, 15) is 8.42 Å². The maximum atomic E-state index is 13.1. The molecule has 0 radical (unpaired) electrons. The van der Waals surface area contributed by atoms with Crippen LogP contribution in [0.1, 0.15) is 6.92 Å². The van der Waals surface area contributed by atoms with Crippen molar-refractivity contribution in [3.8, 4) is 16.2 Å². The SMILES string of the molecule is CCOc1ccc(Br)cc1S(=O)(=O)Nc1ncnc2sc(-c3ccccc3)cc12. The van der Waals surface area contributed by atoms with Crippen LogP contribution in [-0.4, -0.2) is 25.0 Å². The van der Waals surface area contributed by atoms with E-state index >= 15 is 0 Å². The molecule has 0 aliphatic heterocycles. The van der Waals surface area contributed by atoms with E-state index in [2.05, 4.69) is 30.6 Å². The van der Waals surface area contributed by atoms with Gasteiger partial charge < -0.3 is 4.74 Å². The first-order valence-electron chi connectivity index (χ1n) is 8.73. The molecule has 9 heteroatoms. The Kier molecular flexibility index (Phi) is 5.53. The maximum Gasteiger partial charge on any atom is 0.266 e. The largest absolute Gasteiger partial charge is 0.492 e. The molecule has 2 aromatic carbocycles. The van der Waals surface area contributed by atoms with Gasteiger partial charge in [-0.1, -0.05) is 46.3 Å². The van der Waals surface area contributed by atoms with Crippen molar-refractivity contribution in [3.63, 3.8) is 0 Å². The maximum absolute atomic E-state index is 13.1. The van der Waals surface area contributed by atoms with Crippen LogP contribution >= 0.6 is 27.3 Å². The summed E-state index contributed by atoms with van der Waals surface area (Å²) in [5.41, 5.74) is 1.04. The Morgan fingerprint density at radius 2 is 1.90 bits per heavy atom. The monoisotopic (exact) mass is 489 g/mol. The third-order valence-corrected chi connectivity index (χ3v) is 7.06. The van der Waals surface area contributed by atoms with Gasteiger partial charge in [0, 0.05) is 9.35 Å². The fourth-order valence-corrected chi connectivity index (χ4v) is 5.55. The van der Waals surface area contributed by atoms with Crippen LogP contribution in [0.5, 0.6) is 5.75 Å². The Labute approximate surface area is 180 Å². The number of rotatable bonds is 6. The Balaban J connectivity index is 1.76. The smallest absolute Gasteiger partial charge is 0.266 e. The van der Waals surface area contributed by atoms with Gasteiger partial charge in [0.05, 0.1) is 12.0 Å². The normalized spacial score (nSPS) is 11.5. The van der Waals surface area contributed by atoms with Gasteiger partial charge in [-0.3, -0.25) is 4.72 Å². The standard InChI is InChI=1S/C20H16BrN3O3S2/c1-2-27-16-9-8-14(21)10-18(16)29(25,26)24-19-15-11-17(13-6-4-3-5-7-13)28-20(15)23-12-22-19/h3-12H,2H2,1H3,(H,22,23,24). The van der Waals surface area contributed by atoms with Crippen molar-refractivity contribution in [1.82, 2.24) is 9.97 Å². The Bertz CT molecular complexity index is 1270. The number of halogens is 1. The van der Waals surface area contributed by atoms with E-state index in [1.807, 2.05) is 36.4 Å².